The summed E-state index contributed by atoms with van der Waals surface area (Å²) in [6, 6.07) is 2.91. The van der Waals surface area contributed by atoms with Crippen LogP contribution in [0.2, 0.25) is 0 Å². The molecule has 3 fully saturated rings. The Bertz CT molecular complexity index is 921. The minimum atomic E-state index is 0.409. The van der Waals surface area contributed by atoms with E-state index < -0.39 is 0 Å². The van der Waals surface area contributed by atoms with E-state index in [4.69, 9.17) is 0 Å². The first-order chi connectivity index (χ1) is 14.5. The van der Waals surface area contributed by atoms with Gasteiger partial charge in [-0.2, -0.15) is 0 Å². The van der Waals surface area contributed by atoms with Crippen molar-refractivity contribution in [2.75, 3.05) is 44.2 Å². The lowest BCUT2D eigenvalue weighted by Gasteiger charge is -2.57. The Kier molecular flexibility index (Phi) is 5.36. The zero-order valence-electron chi connectivity index (χ0n) is 18.3. The second-order valence-corrected chi connectivity index (χ2v) is 10.9. The third-order valence-corrected chi connectivity index (χ3v) is 8.51. The summed E-state index contributed by atoms with van der Waals surface area (Å²) >= 11 is 1.80. The molecule has 159 valence electrons. The molecule has 0 amide bonds. The molecule has 0 aromatic carbocycles. The highest BCUT2D eigenvalue weighted by atomic mass is 32.1. The lowest BCUT2D eigenvalue weighted by atomic mass is 9.72. The van der Waals surface area contributed by atoms with Gasteiger partial charge in [-0.1, -0.05) is 20.8 Å². The third-order valence-electron chi connectivity index (χ3n) is 7.32. The van der Waals surface area contributed by atoms with E-state index >= 15 is 0 Å². The van der Waals surface area contributed by atoms with Crippen molar-refractivity contribution in [3.8, 4) is 0 Å². The number of anilines is 1. The van der Waals surface area contributed by atoms with Crippen LogP contribution >= 0.6 is 11.3 Å². The zero-order valence-corrected chi connectivity index (χ0v) is 19.1. The lowest BCUT2D eigenvalue weighted by Crippen LogP contribution is -2.67. The summed E-state index contributed by atoms with van der Waals surface area (Å²) in [5.74, 6) is 2.45. The number of aryl methyl sites for hydroxylation is 1. The summed E-state index contributed by atoms with van der Waals surface area (Å²) in [7, 11) is 1.69. The molecule has 3 aliphatic rings. The minimum Gasteiger partial charge on any atom is -0.355 e. The van der Waals surface area contributed by atoms with Gasteiger partial charge in [0.2, 0.25) is 0 Å². The molecule has 2 aromatic heterocycles. The smallest absolute Gasteiger partial charge is 0.293 e. The predicted molar refractivity (Wildman–Crippen MR) is 124 cm³/mol. The molecule has 3 saturated heterocycles. The average Bonchev–Trinajstić information content (AvgIpc) is 3.29. The number of aromatic nitrogens is 2. The molecule has 0 N–H and O–H groups in total. The van der Waals surface area contributed by atoms with Gasteiger partial charge in [0.15, 0.2) is 0 Å². The summed E-state index contributed by atoms with van der Waals surface area (Å²) in [6.45, 7) is 13.5. The first kappa shape index (κ1) is 20.4. The maximum absolute atomic E-state index is 10.7. The van der Waals surface area contributed by atoms with E-state index in [0.29, 0.717) is 23.3 Å². The van der Waals surface area contributed by atoms with Crippen molar-refractivity contribution in [3.63, 3.8) is 0 Å². The number of rotatable bonds is 7. The maximum Gasteiger partial charge on any atom is 0.293 e. The lowest BCUT2D eigenvalue weighted by molar-refractivity contribution is -0.0698. The Morgan fingerprint density at radius 3 is 2.80 bits per heavy atom. The van der Waals surface area contributed by atoms with Gasteiger partial charge in [-0.05, 0) is 43.8 Å². The Balaban J connectivity index is 1.25. The van der Waals surface area contributed by atoms with Crippen LogP contribution < -0.4 is 4.90 Å². The van der Waals surface area contributed by atoms with E-state index in [9.17, 15) is 4.79 Å². The monoisotopic (exact) mass is 424 g/mol. The molecule has 0 unspecified atom stereocenters. The zero-order chi connectivity index (χ0) is 20.9. The van der Waals surface area contributed by atoms with Gasteiger partial charge in [-0.15, -0.1) is 11.3 Å². The van der Waals surface area contributed by atoms with Crippen molar-refractivity contribution in [3.05, 3.63) is 17.3 Å². The molecule has 30 heavy (non-hydrogen) atoms. The fourth-order valence-corrected chi connectivity index (χ4v) is 6.89. The van der Waals surface area contributed by atoms with Crippen LogP contribution in [0.4, 0.5) is 5.82 Å². The van der Waals surface area contributed by atoms with E-state index in [0.717, 1.165) is 49.4 Å². The molecule has 5 rings (SSSR count). The first-order valence-electron chi connectivity index (χ1n) is 11.3. The van der Waals surface area contributed by atoms with Gasteiger partial charge in [-0.25, -0.2) is 9.97 Å². The van der Waals surface area contributed by atoms with Gasteiger partial charge in [0.25, 0.3) is 7.41 Å². The normalized spacial score (nSPS) is 23.1. The number of likely N-dealkylation sites (tertiary alicyclic amines) is 1. The molecule has 1 spiro atoms. The van der Waals surface area contributed by atoms with Gasteiger partial charge in [0, 0.05) is 42.5 Å². The number of carbonyl (C=O) groups is 1. The summed E-state index contributed by atoms with van der Waals surface area (Å²) in [5.41, 5.74) is 0.409. The van der Waals surface area contributed by atoms with Crippen molar-refractivity contribution >= 4 is 41.0 Å². The highest BCUT2D eigenvalue weighted by molar-refractivity contribution is 7.18. The number of hydrogen-bond acceptors (Lipinski definition) is 7. The molecule has 2 aromatic rings. The minimum absolute atomic E-state index is 0.409. The van der Waals surface area contributed by atoms with Crippen LogP contribution in [0.1, 0.15) is 32.1 Å². The SMILES string of the molecule is CCc1cc2c(N3CCC4(C3)CN([C@@H](C(C)C)C3CN([B]C=O)C3)C4)ncnc2s1. The number of thiophene rings is 1. The van der Waals surface area contributed by atoms with Gasteiger partial charge in [-0.3, -0.25) is 4.90 Å². The molecule has 5 heterocycles. The fourth-order valence-electron chi connectivity index (χ4n) is 5.96. The standard InChI is InChI=1S/C22H31BN5OS/c1-4-17-7-18-20(24-14-25-21(18)30-17)26-6-5-22(10-26)11-27(12-22)19(15(2)3)16-8-28(9-16)23-13-29/h7,13-16,19H,4-6,8-12H2,1-3H3/t19-/m0/s1. The first-order valence-corrected chi connectivity index (χ1v) is 12.1. The Hall–Kier alpha value is -1.51. The molecule has 1 atom stereocenters. The Morgan fingerprint density at radius 2 is 2.10 bits per heavy atom. The van der Waals surface area contributed by atoms with Crippen molar-refractivity contribution < 1.29 is 4.79 Å². The van der Waals surface area contributed by atoms with Crippen LogP contribution in [-0.2, 0) is 11.2 Å². The molecule has 3 aliphatic heterocycles. The van der Waals surface area contributed by atoms with E-state index in [1.165, 1.54) is 29.8 Å². The van der Waals surface area contributed by atoms with Gasteiger partial charge in [0.05, 0.1) is 11.6 Å². The molecule has 8 heteroatoms. The molecular weight excluding hydrogens is 393 g/mol. The number of nitrogens with zero attached hydrogens (tertiary/aromatic N) is 5. The molecular formula is C22H31BN5OS. The summed E-state index contributed by atoms with van der Waals surface area (Å²) in [6.07, 6.45) is 4.95. The Morgan fingerprint density at radius 1 is 1.30 bits per heavy atom. The van der Waals surface area contributed by atoms with Crippen LogP contribution in [0.15, 0.2) is 12.4 Å². The fraction of sp³-hybridized carbons (Fsp3) is 0.682. The van der Waals surface area contributed by atoms with Crippen LogP contribution in [-0.4, -0.2) is 78.6 Å². The largest absolute Gasteiger partial charge is 0.355 e. The molecule has 1 radical (unpaired) electrons. The summed E-state index contributed by atoms with van der Waals surface area (Å²) in [4.78, 5) is 29.8. The quantitative estimate of drug-likeness (QED) is 0.503. The van der Waals surface area contributed by atoms with Crippen molar-refractivity contribution in [1.82, 2.24) is 19.7 Å². The third kappa shape index (κ3) is 3.47. The van der Waals surface area contributed by atoms with Gasteiger partial charge in [0.1, 0.15) is 17.0 Å². The number of hydrogen-bond donors (Lipinski definition) is 0. The van der Waals surface area contributed by atoms with Crippen LogP contribution in [0.5, 0.6) is 0 Å². The number of fused-ring (bicyclic) bond motifs is 1. The van der Waals surface area contributed by atoms with E-state index in [-0.39, 0.29) is 0 Å². The molecule has 0 bridgehead atoms. The number of carbonyl (C=O) groups excluding carboxylic acids is 1. The Labute approximate surface area is 183 Å². The predicted octanol–water partition coefficient (Wildman–Crippen LogP) is 2.53. The van der Waals surface area contributed by atoms with Crippen molar-refractivity contribution in [1.29, 1.82) is 0 Å². The van der Waals surface area contributed by atoms with E-state index in [2.05, 4.69) is 51.4 Å². The topological polar surface area (TPSA) is 52.6 Å². The van der Waals surface area contributed by atoms with E-state index in [1.54, 1.807) is 25.1 Å². The average molecular weight is 424 g/mol. The maximum atomic E-state index is 10.7. The summed E-state index contributed by atoms with van der Waals surface area (Å²) < 4.78 is 0. The van der Waals surface area contributed by atoms with Crippen LogP contribution in [0, 0.1) is 17.3 Å². The highest BCUT2D eigenvalue weighted by Gasteiger charge is 2.52. The molecule has 0 aliphatic carbocycles. The van der Waals surface area contributed by atoms with Crippen LogP contribution in [0.3, 0.4) is 0 Å². The van der Waals surface area contributed by atoms with E-state index in [1.807, 2.05) is 0 Å². The van der Waals surface area contributed by atoms with Gasteiger partial charge < -0.3 is 14.5 Å². The highest BCUT2D eigenvalue weighted by Crippen LogP contribution is 2.45. The van der Waals surface area contributed by atoms with Crippen LogP contribution in [0.25, 0.3) is 10.2 Å². The molecule has 6 nitrogen and oxygen atoms in total. The van der Waals surface area contributed by atoms with Crippen molar-refractivity contribution in [2.45, 2.75) is 39.7 Å². The summed E-state index contributed by atoms with van der Waals surface area (Å²) in [5, 5.41) is 1.23. The second kappa shape index (κ2) is 7.88. The second-order valence-electron chi connectivity index (χ2n) is 9.79. The molecule has 0 saturated carbocycles. The van der Waals surface area contributed by atoms with Gasteiger partial charge >= 0.3 is 0 Å². The van der Waals surface area contributed by atoms with Crippen molar-refractivity contribution in [2.24, 2.45) is 17.3 Å².